The van der Waals surface area contributed by atoms with Crippen LogP contribution in [0.1, 0.15) is 12.5 Å². The smallest absolute Gasteiger partial charge is 0.347 e. The second kappa shape index (κ2) is 4.21. The molecule has 0 unspecified atom stereocenters. The topological polar surface area (TPSA) is 141 Å². The van der Waals surface area contributed by atoms with Crippen molar-refractivity contribution in [3.63, 3.8) is 0 Å². The van der Waals surface area contributed by atoms with Gasteiger partial charge in [-0.05, 0) is 24.6 Å². The minimum atomic E-state index is -5.05. The van der Waals surface area contributed by atoms with Crippen molar-refractivity contribution in [1.29, 1.82) is 0 Å². The minimum absolute atomic E-state index is 0.159. The average molecular weight is 281 g/mol. The van der Waals surface area contributed by atoms with Gasteiger partial charge in [0, 0.05) is 5.69 Å². The van der Waals surface area contributed by atoms with E-state index in [1.54, 1.807) is 0 Å². The monoisotopic (exact) mass is 281 g/mol. The van der Waals surface area contributed by atoms with Crippen LogP contribution in [0.2, 0.25) is 0 Å². The zero-order valence-corrected chi connectivity index (χ0v) is 10.7. The van der Waals surface area contributed by atoms with E-state index in [0.717, 1.165) is 6.92 Å². The number of hydrogen-bond donors (Lipinski definition) is 5. The van der Waals surface area contributed by atoms with E-state index in [4.69, 9.17) is 5.73 Å². The van der Waals surface area contributed by atoms with Crippen LogP contribution in [0.15, 0.2) is 24.3 Å². The fourth-order valence-corrected chi connectivity index (χ4v) is 3.63. The van der Waals surface area contributed by atoms with Crippen molar-refractivity contribution in [1.82, 2.24) is 0 Å². The van der Waals surface area contributed by atoms with Crippen molar-refractivity contribution in [3.05, 3.63) is 29.8 Å². The van der Waals surface area contributed by atoms with Crippen LogP contribution in [-0.4, -0.2) is 19.6 Å². The lowest BCUT2D eigenvalue weighted by Crippen LogP contribution is -2.22. The Morgan fingerprint density at radius 3 is 1.65 bits per heavy atom. The van der Waals surface area contributed by atoms with Gasteiger partial charge in [-0.15, -0.1) is 0 Å². The van der Waals surface area contributed by atoms with Gasteiger partial charge >= 0.3 is 15.2 Å². The molecule has 6 N–H and O–H groups in total. The lowest BCUT2D eigenvalue weighted by Gasteiger charge is -2.31. The van der Waals surface area contributed by atoms with Gasteiger partial charge in [0.05, 0.1) is 0 Å². The molecular weight excluding hydrogens is 268 g/mol. The van der Waals surface area contributed by atoms with Gasteiger partial charge in [-0.3, -0.25) is 9.13 Å². The molecule has 0 aliphatic heterocycles. The molecule has 0 radical (unpaired) electrons. The van der Waals surface area contributed by atoms with E-state index in [1.807, 2.05) is 0 Å². The van der Waals surface area contributed by atoms with E-state index in [2.05, 4.69) is 0 Å². The van der Waals surface area contributed by atoms with E-state index in [1.165, 1.54) is 24.3 Å². The first-order valence-corrected chi connectivity index (χ1v) is 7.70. The van der Waals surface area contributed by atoms with Gasteiger partial charge in [-0.2, -0.15) is 0 Å². The first kappa shape index (κ1) is 14.4. The highest BCUT2D eigenvalue weighted by Gasteiger charge is 2.57. The summed E-state index contributed by atoms with van der Waals surface area (Å²) >= 11 is 0. The predicted octanol–water partition coefficient (Wildman–Crippen LogP) is 0.797. The molecule has 96 valence electrons. The molecule has 0 saturated carbocycles. The Kier molecular flexibility index (Phi) is 3.56. The standard InChI is InChI=1S/C8H13NO6P2/c1-8(16(10,11)12,17(13,14)15)6-2-4-7(9)5-3-6/h2-5H,9H2,1H3,(H2,10,11,12)(H2,13,14,15). The molecule has 1 aromatic carbocycles. The van der Waals surface area contributed by atoms with E-state index in [0.29, 0.717) is 5.69 Å². The highest BCUT2D eigenvalue weighted by Crippen LogP contribution is 2.74. The number of rotatable bonds is 3. The average Bonchev–Trinajstić information content (AvgIpc) is 2.14. The van der Waals surface area contributed by atoms with Crippen LogP contribution in [0, 0.1) is 0 Å². The van der Waals surface area contributed by atoms with Gasteiger partial charge in [0.2, 0.25) is 0 Å². The summed E-state index contributed by atoms with van der Waals surface area (Å²) in [5.74, 6) is 0. The quantitative estimate of drug-likeness (QED) is 0.407. The van der Waals surface area contributed by atoms with Gasteiger partial charge in [-0.1, -0.05) is 12.1 Å². The van der Waals surface area contributed by atoms with Crippen molar-refractivity contribution in [2.24, 2.45) is 0 Å². The summed E-state index contributed by atoms with van der Waals surface area (Å²) in [6, 6.07) is 5.01. The Labute approximate surface area is 97.6 Å². The molecule has 17 heavy (non-hydrogen) atoms. The summed E-state index contributed by atoms with van der Waals surface area (Å²) in [7, 11) is -10.1. The second-order valence-corrected chi connectivity index (χ2v) is 8.05. The number of nitrogen functional groups attached to an aromatic ring is 1. The van der Waals surface area contributed by atoms with Crippen LogP contribution in [0.3, 0.4) is 0 Å². The summed E-state index contributed by atoms with van der Waals surface area (Å²) in [4.78, 5) is 34.2. The highest BCUT2D eigenvalue weighted by molar-refractivity contribution is 7.71. The maximum atomic E-state index is 11.4. The number of anilines is 1. The Balaban J connectivity index is 3.52. The van der Waals surface area contributed by atoms with Gasteiger partial charge < -0.3 is 25.3 Å². The molecule has 0 spiro atoms. The fourth-order valence-electron chi connectivity index (χ4n) is 1.30. The zero-order chi connectivity index (χ0) is 13.5. The number of hydrogen-bond acceptors (Lipinski definition) is 3. The van der Waals surface area contributed by atoms with E-state index in [9.17, 15) is 28.7 Å². The minimum Gasteiger partial charge on any atom is -0.399 e. The lowest BCUT2D eigenvalue weighted by atomic mass is 10.1. The zero-order valence-electron chi connectivity index (χ0n) is 8.89. The molecule has 1 aromatic rings. The molecule has 0 aliphatic carbocycles. The third kappa shape index (κ3) is 2.45. The number of benzene rings is 1. The van der Waals surface area contributed by atoms with Crippen LogP contribution in [0.5, 0.6) is 0 Å². The maximum Gasteiger partial charge on any atom is 0.347 e. The summed E-state index contributed by atoms with van der Waals surface area (Å²) in [6.45, 7) is 0.833. The van der Waals surface area contributed by atoms with E-state index < -0.39 is 20.1 Å². The summed E-state index contributed by atoms with van der Waals surface area (Å²) < 4.78 is 22.7. The molecule has 0 aliphatic rings. The third-order valence-corrected chi connectivity index (χ3v) is 6.94. The van der Waals surface area contributed by atoms with Gasteiger partial charge in [0.25, 0.3) is 0 Å². The van der Waals surface area contributed by atoms with Crippen molar-refractivity contribution in [2.75, 3.05) is 5.73 Å². The van der Waals surface area contributed by atoms with Crippen LogP contribution >= 0.6 is 15.2 Å². The molecule has 0 amide bonds. The Morgan fingerprint density at radius 1 is 1.00 bits per heavy atom. The first-order chi connectivity index (χ1) is 7.50. The van der Waals surface area contributed by atoms with Crippen molar-refractivity contribution in [3.8, 4) is 0 Å². The fraction of sp³-hybridized carbons (Fsp3) is 0.250. The molecule has 0 saturated heterocycles. The van der Waals surface area contributed by atoms with Crippen LogP contribution in [0.25, 0.3) is 0 Å². The molecule has 0 bridgehead atoms. The molecule has 1 rings (SSSR count). The largest absolute Gasteiger partial charge is 0.399 e. The van der Waals surface area contributed by atoms with Gasteiger partial charge in [-0.25, -0.2) is 0 Å². The Morgan fingerprint density at radius 2 is 1.35 bits per heavy atom. The first-order valence-electron chi connectivity index (χ1n) is 4.47. The van der Waals surface area contributed by atoms with Crippen molar-refractivity contribution >= 4 is 20.9 Å². The van der Waals surface area contributed by atoms with Crippen molar-refractivity contribution in [2.45, 2.75) is 11.8 Å². The second-order valence-electron chi connectivity index (χ2n) is 3.73. The lowest BCUT2D eigenvalue weighted by molar-refractivity contribution is 0.314. The van der Waals surface area contributed by atoms with E-state index in [-0.39, 0.29) is 5.56 Å². The summed E-state index contributed by atoms with van der Waals surface area (Å²) in [5.41, 5.74) is 5.57. The Hall–Kier alpha value is -0.680. The third-order valence-electron chi connectivity index (χ3n) is 2.59. The van der Waals surface area contributed by atoms with Crippen LogP contribution < -0.4 is 5.73 Å². The van der Waals surface area contributed by atoms with Crippen LogP contribution in [-0.2, 0) is 14.0 Å². The number of nitrogens with two attached hydrogens (primary N) is 1. The Bertz CT molecular complexity index is 479. The van der Waals surface area contributed by atoms with Crippen LogP contribution in [0.4, 0.5) is 5.69 Å². The van der Waals surface area contributed by atoms with Crippen molar-refractivity contribution < 1.29 is 28.7 Å². The molecule has 0 atom stereocenters. The van der Waals surface area contributed by atoms with Gasteiger partial charge in [0.1, 0.15) is 0 Å². The normalized spacial score (nSPS) is 13.7. The predicted molar refractivity (Wildman–Crippen MR) is 62.3 cm³/mol. The SMILES string of the molecule is CC(c1ccc(N)cc1)(P(=O)(O)O)P(=O)(O)O. The molecule has 0 fully saturated rings. The summed E-state index contributed by atoms with van der Waals surface area (Å²) in [6.07, 6.45) is 0. The molecule has 9 heteroatoms. The highest BCUT2D eigenvalue weighted by atomic mass is 31.2. The van der Waals surface area contributed by atoms with Gasteiger partial charge in [0.15, 0.2) is 4.90 Å². The molecular formula is C8H13NO6P2. The summed E-state index contributed by atoms with van der Waals surface area (Å²) in [5, 5.41) is 0. The molecule has 0 heterocycles. The maximum absolute atomic E-state index is 11.4. The van der Waals surface area contributed by atoms with E-state index >= 15 is 0 Å². The molecule has 7 nitrogen and oxygen atoms in total. The molecule has 0 aromatic heterocycles.